The first kappa shape index (κ1) is 22.9. The fraction of sp³-hybridized carbons (Fsp3) is 0.667. The van der Waals surface area contributed by atoms with Crippen molar-refractivity contribution in [3.05, 3.63) is 47.3 Å². The van der Waals surface area contributed by atoms with Gasteiger partial charge in [0, 0.05) is 37.3 Å². The molecule has 5 rings (SSSR count). The van der Waals surface area contributed by atoms with Gasteiger partial charge in [0.1, 0.15) is 5.75 Å². The number of aromatic hydroxyl groups is 1. The summed E-state index contributed by atoms with van der Waals surface area (Å²) in [6, 6.07) is 5.83. The predicted molar refractivity (Wildman–Crippen MR) is 130 cm³/mol. The molecule has 0 spiro atoms. The Morgan fingerprint density at radius 2 is 1.82 bits per heavy atom. The summed E-state index contributed by atoms with van der Waals surface area (Å²) < 4.78 is 2.02. The van der Waals surface area contributed by atoms with E-state index >= 15 is 0 Å². The van der Waals surface area contributed by atoms with E-state index in [1.165, 1.54) is 24.0 Å². The first-order chi connectivity index (χ1) is 15.8. The van der Waals surface area contributed by atoms with Crippen molar-refractivity contribution >= 4 is 0 Å². The van der Waals surface area contributed by atoms with Crippen LogP contribution >= 0.6 is 0 Å². The van der Waals surface area contributed by atoms with Crippen molar-refractivity contribution in [1.82, 2.24) is 19.6 Å². The minimum absolute atomic E-state index is 0.0994. The Morgan fingerprint density at radius 3 is 2.55 bits per heavy atom. The molecule has 2 N–H and O–H groups in total. The number of phenols is 1. The molecule has 180 valence electrons. The lowest BCUT2D eigenvalue weighted by Gasteiger charge is -2.58. The van der Waals surface area contributed by atoms with Gasteiger partial charge < -0.3 is 15.1 Å². The zero-order valence-electron chi connectivity index (χ0n) is 20.5. The molecule has 0 amide bonds. The van der Waals surface area contributed by atoms with Crippen molar-refractivity contribution in [3.8, 4) is 5.75 Å². The SMILES string of the molecule is Cc1cnn(CCN2CCC3(c4cc(O)ccc4C)CCN(CC4CC4)C(C)C3(O)CC2)c1. The van der Waals surface area contributed by atoms with Crippen LogP contribution in [0.5, 0.6) is 5.75 Å². The molecule has 2 saturated heterocycles. The maximum atomic E-state index is 12.6. The largest absolute Gasteiger partial charge is 0.508 e. The number of aliphatic hydroxyl groups is 1. The number of nitrogens with zero attached hydrogens (tertiary/aromatic N) is 4. The molecule has 2 aromatic rings. The van der Waals surface area contributed by atoms with Crippen LogP contribution in [0.15, 0.2) is 30.6 Å². The number of phenolic OH excluding ortho intramolecular Hbond substituents is 1. The van der Waals surface area contributed by atoms with E-state index in [4.69, 9.17) is 0 Å². The number of benzene rings is 1. The zero-order chi connectivity index (χ0) is 23.2. The lowest BCUT2D eigenvalue weighted by atomic mass is 9.57. The molecule has 33 heavy (non-hydrogen) atoms. The average molecular weight is 453 g/mol. The number of hydrogen-bond donors (Lipinski definition) is 2. The lowest BCUT2D eigenvalue weighted by Crippen LogP contribution is -2.68. The van der Waals surface area contributed by atoms with E-state index in [-0.39, 0.29) is 11.5 Å². The fourth-order valence-corrected chi connectivity index (χ4v) is 6.59. The topological polar surface area (TPSA) is 64.8 Å². The summed E-state index contributed by atoms with van der Waals surface area (Å²) in [7, 11) is 0. The van der Waals surface area contributed by atoms with Gasteiger partial charge in [0.05, 0.1) is 18.3 Å². The smallest absolute Gasteiger partial charge is 0.115 e. The Bertz CT molecular complexity index is 986. The molecular weight excluding hydrogens is 412 g/mol. The normalized spacial score (nSPS) is 31.3. The van der Waals surface area contributed by atoms with Crippen molar-refractivity contribution in [2.24, 2.45) is 5.92 Å². The van der Waals surface area contributed by atoms with Gasteiger partial charge >= 0.3 is 0 Å². The van der Waals surface area contributed by atoms with E-state index in [2.05, 4.69) is 41.9 Å². The maximum Gasteiger partial charge on any atom is 0.115 e. The Balaban J connectivity index is 1.45. The van der Waals surface area contributed by atoms with Crippen LogP contribution in [-0.4, -0.2) is 74.2 Å². The van der Waals surface area contributed by atoms with Gasteiger partial charge in [0.2, 0.25) is 0 Å². The highest BCUT2D eigenvalue weighted by Gasteiger charge is 2.59. The summed E-state index contributed by atoms with van der Waals surface area (Å²) in [5, 5.41) is 27.5. The Kier molecular flexibility index (Phi) is 6.04. The van der Waals surface area contributed by atoms with E-state index in [1.54, 1.807) is 6.07 Å². The van der Waals surface area contributed by atoms with E-state index < -0.39 is 5.60 Å². The van der Waals surface area contributed by atoms with Gasteiger partial charge in [-0.1, -0.05) is 6.07 Å². The van der Waals surface area contributed by atoms with Crippen molar-refractivity contribution in [1.29, 1.82) is 0 Å². The third-order valence-electron chi connectivity index (χ3n) is 8.89. The van der Waals surface area contributed by atoms with Crippen LogP contribution in [0.25, 0.3) is 0 Å². The fourth-order valence-electron chi connectivity index (χ4n) is 6.59. The van der Waals surface area contributed by atoms with E-state index in [0.717, 1.165) is 70.0 Å². The summed E-state index contributed by atoms with van der Waals surface area (Å²) in [6.45, 7) is 12.2. The van der Waals surface area contributed by atoms with Crippen LogP contribution in [0, 0.1) is 19.8 Å². The molecule has 3 heterocycles. The Labute approximate surface area is 198 Å². The van der Waals surface area contributed by atoms with Crippen LogP contribution in [0.1, 0.15) is 55.7 Å². The van der Waals surface area contributed by atoms with Gasteiger partial charge in [-0.25, -0.2) is 0 Å². The highest BCUT2D eigenvalue weighted by Crippen LogP contribution is 2.53. The highest BCUT2D eigenvalue weighted by molar-refractivity contribution is 5.43. The van der Waals surface area contributed by atoms with Crippen molar-refractivity contribution in [3.63, 3.8) is 0 Å². The molecular formula is C27H40N4O2. The minimum Gasteiger partial charge on any atom is -0.508 e. The monoisotopic (exact) mass is 452 g/mol. The van der Waals surface area contributed by atoms with Crippen LogP contribution in [-0.2, 0) is 12.0 Å². The van der Waals surface area contributed by atoms with E-state index in [1.807, 2.05) is 23.0 Å². The van der Waals surface area contributed by atoms with Crippen LogP contribution < -0.4 is 0 Å². The molecule has 0 radical (unpaired) electrons. The third kappa shape index (κ3) is 4.22. The van der Waals surface area contributed by atoms with Crippen LogP contribution in [0.2, 0.25) is 0 Å². The molecule has 3 fully saturated rings. The number of rotatable bonds is 6. The second kappa shape index (κ2) is 8.71. The summed E-state index contributed by atoms with van der Waals surface area (Å²) in [4.78, 5) is 5.06. The first-order valence-electron chi connectivity index (χ1n) is 12.8. The second-order valence-electron chi connectivity index (χ2n) is 11.0. The number of aromatic nitrogens is 2. The predicted octanol–water partition coefficient (Wildman–Crippen LogP) is 3.47. The third-order valence-corrected chi connectivity index (χ3v) is 8.89. The highest BCUT2D eigenvalue weighted by atomic mass is 16.3. The molecule has 6 nitrogen and oxygen atoms in total. The van der Waals surface area contributed by atoms with Crippen LogP contribution in [0.4, 0.5) is 0 Å². The average Bonchev–Trinajstić information content (AvgIpc) is 3.54. The van der Waals surface area contributed by atoms with Crippen molar-refractivity contribution in [2.45, 2.75) is 76.5 Å². The summed E-state index contributed by atoms with van der Waals surface area (Å²) in [5.74, 6) is 1.11. The molecule has 1 aromatic carbocycles. The number of aryl methyl sites for hydroxylation is 2. The quantitative estimate of drug-likeness (QED) is 0.703. The minimum atomic E-state index is -0.824. The molecule has 3 aliphatic rings. The number of fused-ring (bicyclic) bond motifs is 1. The van der Waals surface area contributed by atoms with Crippen molar-refractivity contribution < 1.29 is 10.2 Å². The van der Waals surface area contributed by atoms with Gasteiger partial charge in [-0.05, 0) is 101 Å². The molecule has 1 aromatic heterocycles. The molecule has 2 aliphatic heterocycles. The van der Waals surface area contributed by atoms with E-state index in [9.17, 15) is 10.2 Å². The lowest BCUT2D eigenvalue weighted by molar-refractivity contribution is -0.136. The molecule has 1 saturated carbocycles. The number of piperidine rings is 1. The number of likely N-dealkylation sites (tertiary alicyclic amines) is 2. The molecule has 3 unspecified atom stereocenters. The van der Waals surface area contributed by atoms with Gasteiger partial charge in [-0.2, -0.15) is 5.10 Å². The molecule has 0 bridgehead atoms. The zero-order valence-corrected chi connectivity index (χ0v) is 20.5. The van der Waals surface area contributed by atoms with E-state index in [0.29, 0.717) is 5.75 Å². The summed E-state index contributed by atoms with van der Waals surface area (Å²) >= 11 is 0. The first-order valence-corrected chi connectivity index (χ1v) is 12.8. The van der Waals surface area contributed by atoms with Gasteiger partial charge in [0.15, 0.2) is 0 Å². The summed E-state index contributed by atoms with van der Waals surface area (Å²) in [5.41, 5.74) is 2.35. The summed E-state index contributed by atoms with van der Waals surface area (Å²) in [6.07, 6.45) is 9.28. The number of hydrogen-bond acceptors (Lipinski definition) is 5. The standard InChI is InChI=1S/C27H40N4O2/c1-20-17-28-31(18-20)15-14-29-11-8-26(25-16-24(32)7-4-21(25)2)9-13-30(19-23-5-6-23)22(3)27(26,33)10-12-29/h4,7,16-18,22-23,32-33H,5-6,8-15,19H2,1-3H3. The van der Waals surface area contributed by atoms with Gasteiger partial charge in [-0.3, -0.25) is 9.58 Å². The van der Waals surface area contributed by atoms with Crippen molar-refractivity contribution in [2.75, 3.05) is 32.7 Å². The second-order valence-corrected chi connectivity index (χ2v) is 11.0. The maximum absolute atomic E-state index is 12.6. The van der Waals surface area contributed by atoms with Crippen LogP contribution in [0.3, 0.4) is 0 Å². The Hall–Kier alpha value is -1.89. The van der Waals surface area contributed by atoms with Gasteiger partial charge in [0.25, 0.3) is 0 Å². The molecule has 3 atom stereocenters. The molecule has 6 heteroatoms. The molecule has 1 aliphatic carbocycles. The van der Waals surface area contributed by atoms with Gasteiger partial charge in [-0.15, -0.1) is 0 Å². The Morgan fingerprint density at radius 1 is 1.06 bits per heavy atom.